The summed E-state index contributed by atoms with van der Waals surface area (Å²) in [4.78, 5) is 25.8. The molecule has 1 aliphatic rings. The van der Waals surface area contributed by atoms with Gasteiger partial charge in [-0.05, 0) is 38.1 Å². The number of rotatable bonds is 5. The van der Waals surface area contributed by atoms with Gasteiger partial charge in [-0.2, -0.15) is 0 Å². The minimum absolute atomic E-state index is 0.0294. The molecule has 0 aliphatic carbocycles. The first-order valence-electron chi connectivity index (χ1n) is 8.10. The molecule has 0 radical (unpaired) electrons. The molecule has 1 aromatic carbocycles. The zero-order chi connectivity index (χ0) is 17.5. The minimum Gasteiger partial charge on any atom is -0.497 e. The van der Waals surface area contributed by atoms with Crippen molar-refractivity contribution in [1.82, 2.24) is 10.2 Å². The average molecular weight is 335 g/mol. The van der Waals surface area contributed by atoms with E-state index < -0.39 is 0 Å². The van der Waals surface area contributed by atoms with Crippen LogP contribution in [0.1, 0.15) is 20.3 Å². The van der Waals surface area contributed by atoms with E-state index in [0.717, 1.165) is 5.75 Å². The van der Waals surface area contributed by atoms with E-state index in [2.05, 4.69) is 10.6 Å². The Labute approximate surface area is 142 Å². The van der Waals surface area contributed by atoms with E-state index in [1.165, 1.54) is 0 Å². The summed E-state index contributed by atoms with van der Waals surface area (Å²) < 4.78 is 10.7. The molecule has 1 aliphatic heterocycles. The predicted molar refractivity (Wildman–Crippen MR) is 91.2 cm³/mol. The zero-order valence-electron chi connectivity index (χ0n) is 14.4. The minimum atomic E-state index is -0.336. The first-order chi connectivity index (χ1) is 11.5. The van der Waals surface area contributed by atoms with Crippen LogP contribution in [0, 0.1) is 0 Å². The van der Waals surface area contributed by atoms with Gasteiger partial charge in [-0.1, -0.05) is 0 Å². The van der Waals surface area contributed by atoms with Crippen molar-refractivity contribution in [1.29, 1.82) is 0 Å². The first kappa shape index (κ1) is 18.1. The Morgan fingerprint density at radius 1 is 1.21 bits per heavy atom. The number of methoxy groups -OCH3 is 1. The van der Waals surface area contributed by atoms with Crippen LogP contribution in [0.15, 0.2) is 24.3 Å². The van der Waals surface area contributed by atoms with Crippen LogP contribution >= 0.6 is 0 Å². The number of anilines is 1. The van der Waals surface area contributed by atoms with Gasteiger partial charge >= 0.3 is 6.03 Å². The van der Waals surface area contributed by atoms with E-state index in [1.807, 2.05) is 13.8 Å². The van der Waals surface area contributed by atoms with E-state index in [9.17, 15) is 9.59 Å². The highest BCUT2D eigenvalue weighted by atomic mass is 16.5. The van der Waals surface area contributed by atoms with Crippen LogP contribution in [0.3, 0.4) is 0 Å². The van der Waals surface area contributed by atoms with Crippen molar-refractivity contribution in [2.45, 2.75) is 32.5 Å². The number of morpholine rings is 1. The summed E-state index contributed by atoms with van der Waals surface area (Å²) in [5.74, 6) is 0.752. The SMILES string of the molecule is COc1ccc(NC(=O)NCCC(=O)N2C[C@@H](C)O[C@@H](C)C2)cc1. The van der Waals surface area contributed by atoms with Crippen LogP contribution in [0.4, 0.5) is 10.5 Å². The molecule has 1 aromatic rings. The summed E-state index contributed by atoms with van der Waals surface area (Å²) >= 11 is 0. The summed E-state index contributed by atoms with van der Waals surface area (Å²) in [6.07, 6.45) is 0.364. The molecule has 2 atom stereocenters. The fraction of sp³-hybridized carbons (Fsp3) is 0.529. The van der Waals surface area contributed by atoms with Gasteiger partial charge in [-0.3, -0.25) is 4.79 Å². The molecule has 3 amide bonds. The molecule has 132 valence electrons. The number of nitrogens with zero attached hydrogens (tertiary/aromatic N) is 1. The second kappa shape index (κ2) is 8.54. The van der Waals surface area contributed by atoms with Crippen molar-refractivity contribution in [3.8, 4) is 5.75 Å². The molecule has 2 rings (SSSR count). The number of urea groups is 1. The highest BCUT2D eigenvalue weighted by Gasteiger charge is 2.25. The first-order valence-corrected chi connectivity index (χ1v) is 8.10. The summed E-state index contributed by atoms with van der Waals surface area (Å²) in [6, 6.07) is 6.69. The third-order valence-electron chi connectivity index (χ3n) is 3.74. The van der Waals surface area contributed by atoms with Crippen molar-refractivity contribution in [3.63, 3.8) is 0 Å². The van der Waals surface area contributed by atoms with Gasteiger partial charge in [-0.25, -0.2) is 4.79 Å². The number of nitrogens with one attached hydrogen (secondary N) is 2. The van der Waals surface area contributed by atoms with Gasteiger partial charge in [0, 0.05) is 31.7 Å². The van der Waals surface area contributed by atoms with E-state index >= 15 is 0 Å². The second-order valence-corrected chi connectivity index (χ2v) is 5.92. The summed E-state index contributed by atoms with van der Waals surface area (Å²) in [5.41, 5.74) is 0.662. The molecule has 0 saturated carbocycles. The van der Waals surface area contributed by atoms with Crippen molar-refractivity contribution >= 4 is 17.6 Å². The molecule has 0 spiro atoms. The molecule has 1 saturated heterocycles. The number of ether oxygens (including phenoxy) is 2. The monoisotopic (exact) mass is 335 g/mol. The maximum Gasteiger partial charge on any atom is 0.319 e. The van der Waals surface area contributed by atoms with E-state index in [-0.39, 0.29) is 30.6 Å². The van der Waals surface area contributed by atoms with Gasteiger partial charge in [0.25, 0.3) is 0 Å². The van der Waals surface area contributed by atoms with E-state index in [1.54, 1.807) is 36.3 Å². The van der Waals surface area contributed by atoms with Crippen molar-refractivity contribution in [2.24, 2.45) is 0 Å². The quantitative estimate of drug-likeness (QED) is 0.860. The summed E-state index contributed by atoms with van der Waals surface area (Å²) in [5, 5.41) is 5.40. The lowest BCUT2D eigenvalue weighted by Gasteiger charge is -2.35. The number of amides is 3. The molecule has 7 heteroatoms. The highest BCUT2D eigenvalue weighted by molar-refractivity contribution is 5.89. The molecule has 0 unspecified atom stereocenters. The van der Waals surface area contributed by atoms with Crippen LogP contribution in [-0.4, -0.2) is 55.8 Å². The Kier molecular flexibility index (Phi) is 6.43. The van der Waals surface area contributed by atoms with Gasteiger partial charge in [-0.15, -0.1) is 0 Å². The maximum atomic E-state index is 12.2. The molecule has 2 N–H and O–H groups in total. The number of carbonyl (C=O) groups excluding carboxylic acids is 2. The molecular formula is C17H25N3O4. The Balaban J connectivity index is 1.70. The van der Waals surface area contributed by atoms with Gasteiger partial charge in [0.1, 0.15) is 5.75 Å². The number of carbonyl (C=O) groups is 2. The van der Waals surface area contributed by atoms with Gasteiger partial charge in [0.15, 0.2) is 0 Å². The molecule has 0 aromatic heterocycles. The Hall–Kier alpha value is -2.28. The largest absolute Gasteiger partial charge is 0.497 e. The van der Waals surface area contributed by atoms with Gasteiger partial charge < -0.3 is 25.0 Å². The van der Waals surface area contributed by atoms with Gasteiger partial charge in [0.05, 0.1) is 19.3 Å². The van der Waals surface area contributed by atoms with Crippen LogP contribution in [0.2, 0.25) is 0 Å². The summed E-state index contributed by atoms with van der Waals surface area (Å²) in [6.45, 7) is 5.40. The fourth-order valence-corrected chi connectivity index (χ4v) is 2.67. The molecular weight excluding hydrogens is 310 g/mol. The Morgan fingerprint density at radius 3 is 2.42 bits per heavy atom. The maximum absolute atomic E-state index is 12.2. The van der Waals surface area contributed by atoms with Gasteiger partial charge in [0.2, 0.25) is 5.91 Å². The lowest BCUT2D eigenvalue weighted by molar-refractivity contribution is -0.143. The standard InChI is InChI=1S/C17H25N3O4/c1-12-10-20(11-13(2)24-12)16(21)8-9-18-17(22)19-14-4-6-15(23-3)7-5-14/h4-7,12-13H,8-11H2,1-3H3,(H2,18,19,22)/t12-,13+. The average Bonchev–Trinajstić information content (AvgIpc) is 2.54. The topological polar surface area (TPSA) is 79.9 Å². The van der Waals surface area contributed by atoms with Crippen molar-refractivity contribution < 1.29 is 19.1 Å². The Bertz CT molecular complexity index is 551. The lowest BCUT2D eigenvalue weighted by Crippen LogP contribution is -2.48. The third-order valence-corrected chi connectivity index (χ3v) is 3.74. The highest BCUT2D eigenvalue weighted by Crippen LogP contribution is 2.15. The fourth-order valence-electron chi connectivity index (χ4n) is 2.67. The number of hydrogen-bond donors (Lipinski definition) is 2. The van der Waals surface area contributed by atoms with Crippen molar-refractivity contribution in [2.75, 3.05) is 32.1 Å². The molecule has 24 heavy (non-hydrogen) atoms. The van der Waals surface area contributed by atoms with Crippen LogP contribution in [0.5, 0.6) is 5.75 Å². The van der Waals surface area contributed by atoms with Crippen LogP contribution in [-0.2, 0) is 9.53 Å². The third kappa shape index (κ3) is 5.42. The molecule has 7 nitrogen and oxygen atoms in total. The number of benzene rings is 1. The lowest BCUT2D eigenvalue weighted by atomic mass is 10.2. The smallest absolute Gasteiger partial charge is 0.319 e. The Morgan fingerprint density at radius 2 is 1.83 bits per heavy atom. The second-order valence-electron chi connectivity index (χ2n) is 5.92. The predicted octanol–water partition coefficient (Wildman–Crippen LogP) is 1.84. The van der Waals surface area contributed by atoms with E-state index in [0.29, 0.717) is 25.3 Å². The van der Waals surface area contributed by atoms with E-state index in [4.69, 9.17) is 9.47 Å². The summed E-state index contributed by atoms with van der Waals surface area (Å²) in [7, 11) is 1.59. The molecule has 0 bridgehead atoms. The van der Waals surface area contributed by atoms with Crippen LogP contribution < -0.4 is 15.4 Å². The number of hydrogen-bond acceptors (Lipinski definition) is 4. The van der Waals surface area contributed by atoms with Crippen molar-refractivity contribution in [3.05, 3.63) is 24.3 Å². The molecule has 1 heterocycles. The molecule has 1 fully saturated rings. The zero-order valence-corrected chi connectivity index (χ0v) is 14.4. The van der Waals surface area contributed by atoms with Crippen LogP contribution in [0.25, 0.3) is 0 Å². The normalized spacial score (nSPS) is 20.4.